The average Bonchev–Trinajstić information content (AvgIpc) is 2.95. The Morgan fingerprint density at radius 3 is 2.52 bits per heavy atom. The molecule has 0 radical (unpaired) electrons. The van der Waals surface area contributed by atoms with E-state index < -0.39 is 33.1 Å². The van der Waals surface area contributed by atoms with Crippen LogP contribution in [0.5, 0.6) is 17.2 Å². The molecule has 2 aliphatic rings. The molecular weight excluding hydrogens is 424 g/mol. The summed E-state index contributed by atoms with van der Waals surface area (Å²) in [4.78, 5) is 26.3. The van der Waals surface area contributed by atoms with E-state index in [1.54, 1.807) is 6.92 Å². The van der Waals surface area contributed by atoms with E-state index in [0.717, 1.165) is 0 Å². The number of benzene rings is 1. The molecule has 0 aromatic heterocycles. The van der Waals surface area contributed by atoms with E-state index in [0.29, 0.717) is 5.70 Å². The summed E-state index contributed by atoms with van der Waals surface area (Å²) in [5.41, 5.74) is -1.17. The molecule has 1 aliphatic heterocycles. The monoisotopic (exact) mass is 444 g/mol. The smallest absolute Gasteiger partial charge is 0.236 e. The van der Waals surface area contributed by atoms with Gasteiger partial charge in [-0.05, 0) is 6.42 Å². The molecule has 9 nitrogen and oxygen atoms in total. The molecule has 1 aliphatic carbocycles. The molecule has 158 valence electrons. The topological polar surface area (TPSA) is 134 Å². The third kappa shape index (κ3) is 3.56. The van der Waals surface area contributed by atoms with E-state index in [-0.39, 0.29) is 46.6 Å². The molecule has 0 saturated heterocycles. The lowest BCUT2D eigenvalue weighted by Crippen LogP contribution is -2.55. The van der Waals surface area contributed by atoms with E-state index in [9.17, 15) is 18.0 Å². The largest absolute Gasteiger partial charge is 0.496 e. The fraction of sp³-hybridized carbons (Fsp3) is 0.444. The van der Waals surface area contributed by atoms with Crippen molar-refractivity contribution in [2.24, 2.45) is 11.1 Å². The Morgan fingerprint density at radius 2 is 1.97 bits per heavy atom. The number of ketones is 2. The quantitative estimate of drug-likeness (QED) is 0.621. The number of methoxy groups -OCH3 is 2. The summed E-state index contributed by atoms with van der Waals surface area (Å²) in [6, 6.07) is 1.47. The first kappa shape index (κ1) is 21.4. The maximum absolute atomic E-state index is 13.3. The Balaban J connectivity index is 1.96. The van der Waals surface area contributed by atoms with Crippen molar-refractivity contribution in [3.63, 3.8) is 0 Å². The number of hydrogen-bond donors (Lipinski definition) is 2. The molecule has 0 fully saturated rings. The standard InChI is InChI=1S/C18H21ClN2O7S/c1-9-6-10(21-4-5-29(20,24)25)7-13(22)18(9)17(23)14-11(26-2)8-12(27-3)15(19)16(14)28-18/h7-9,21H,4-6H2,1-3H3,(H2,20,24,25). The van der Waals surface area contributed by atoms with Crippen molar-refractivity contribution in [3.8, 4) is 17.2 Å². The van der Waals surface area contributed by atoms with Crippen molar-refractivity contribution in [2.75, 3.05) is 26.5 Å². The first-order valence-corrected chi connectivity index (χ1v) is 10.8. The van der Waals surface area contributed by atoms with Gasteiger partial charge in [-0.15, -0.1) is 0 Å². The number of fused-ring (bicyclic) bond motifs is 1. The molecule has 0 amide bonds. The number of carbonyl (C=O) groups excluding carboxylic acids is 2. The number of nitrogens with one attached hydrogen (secondary N) is 1. The van der Waals surface area contributed by atoms with Crippen LogP contribution in [0.4, 0.5) is 0 Å². The van der Waals surface area contributed by atoms with E-state index in [1.165, 1.54) is 26.4 Å². The van der Waals surface area contributed by atoms with Crippen LogP contribution in [0.1, 0.15) is 23.7 Å². The number of halogens is 1. The summed E-state index contributed by atoms with van der Waals surface area (Å²) in [6.07, 6.45) is 1.54. The molecule has 1 aromatic rings. The zero-order chi connectivity index (χ0) is 21.6. The minimum Gasteiger partial charge on any atom is -0.496 e. The zero-order valence-electron chi connectivity index (χ0n) is 16.1. The predicted molar refractivity (Wildman–Crippen MR) is 105 cm³/mol. The maximum Gasteiger partial charge on any atom is 0.236 e. The summed E-state index contributed by atoms with van der Waals surface area (Å²) in [5, 5.41) is 7.93. The first-order chi connectivity index (χ1) is 13.5. The number of nitrogens with two attached hydrogens (primary N) is 1. The lowest BCUT2D eigenvalue weighted by atomic mass is 9.74. The maximum atomic E-state index is 13.3. The number of ether oxygens (including phenoxy) is 3. The highest BCUT2D eigenvalue weighted by atomic mass is 35.5. The Kier molecular flexibility index (Phi) is 5.54. The van der Waals surface area contributed by atoms with Gasteiger partial charge in [0.1, 0.15) is 22.1 Å². The van der Waals surface area contributed by atoms with Crippen molar-refractivity contribution in [1.82, 2.24) is 5.32 Å². The fourth-order valence-electron chi connectivity index (χ4n) is 3.61. The third-order valence-corrected chi connectivity index (χ3v) is 6.18. The fourth-order valence-corrected chi connectivity index (χ4v) is 4.26. The van der Waals surface area contributed by atoms with E-state index >= 15 is 0 Å². The summed E-state index contributed by atoms with van der Waals surface area (Å²) < 4.78 is 38.5. The second-order valence-electron chi connectivity index (χ2n) is 6.90. The highest BCUT2D eigenvalue weighted by Gasteiger charge is 2.60. The number of primary sulfonamides is 1. The molecule has 3 rings (SSSR count). The highest BCUT2D eigenvalue weighted by molar-refractivity contribution is 7.89. The number of Topliss-reactive ketones (excluding diaryl/α,β-unsaturated/α-hetero) is 1. The van der Waals surface area contributed by atoms with Crippen molar-refractivity contribution in [3.05, 3.63) is 28.4 Å². The van der Waals surface area contributed by atoms with Gasteiger partial charge < -0.3 is 19.5 Å². The highest BCUT2D eigenvalue weighted by Crippen LogP contribution is 2.52. The van der Waals surface area contributed by atoms with Crippen molar-refractivity contribution in [2.45, 2.75) is 18.9 Å². The lowest BCUT2D eigenvalue weighted by molar-refractivity contribution is -0.129. The van der Waals surface area contributed by atoms with Gasteiger partial charge in [-0.2, -0.15) is 0 Å². The van der Waals surface area contributed by atoms with Crippen LogP contribution < -0.4 is 24.7 Å². The number of allylic oxidation sites excluding steroid dienone is 1. The number of carbonyl (C=O) groups is 2. The second-order valence-corrected chi connectivity index (χ2v) is 9.01. The van der Waals surface area contributed by atoms with Gasteiger partial charge in [0.2, 0.25) is 27.2 Å². The third-order valence-electron chi connectivity index (χ3n) is 5.05. The number of hydrogen-bond acceptors (Lipinski definition) is 8. The minimum atomic E-state index is -3.63. The molecule has 1 aromatic carbocycles. The van der Waals surface area contributed by atoms with Crippen molar-refractivity contribution >= 4 is 33.2 Å². The van der Waals surface area contributed by atoms with E-state index in [4.69, 9.17) is 31.0 Å². The molecule has 3 N–H and O–H groups in total. The van der Waals surface area contributed by atoms with Crippen LogP contribution in [0, 0.1) is 5.92 Å². The molecule has 1 spiro atoms. The van der Waals surface area contributed by atoms with Crippen LogP contribution in [-0.2, 0) is 14.8 Å². The summed E-state index contributed by atoms with van der Waals surface area (Å²) in [5.74, 6) is -1.44. The number of rotatable bonds is 6. The Morgan fingerprint density at radius 1 is 1.31 bits per heavy atom. The van der Waals surface area contributed by atoms with Gasteiger partial charge in [0.05, 0.1) is 20.0 Å². The van der Waals surface area contributed by atoms with Crippen molar-refractivity contribution in [1.29, 1.82) is 0 Å². The van der Waals surface area contributed by atoms with E-state index in [2.05, 4.69) is 5.32 Å². The van der Waals surface area contributed by atoms with Gasteiger partial charge >= 0.3 is 0 Å². The molecule has 11 heteroatoms. The molecule has 1 heterocycles. The van der Waals surface area contributed by atoms with Gasteiger partial charge in [-0.3, -0.25) is 9.59 Å². The Hall–Kier alpha value is -2.30. The molecule has 0 saturated carbocycles. The van der Waals surface area contributed by atoms with Crippen LogP contribution in [0.15, 0.2) is 17.8 Å². The Bertz CT molecular complexity index is 1020. The van der Waals surface area contributed by atoms with Crippen LogP contribution in [0.2, 0.25) is 5.02 Å². The SMILES string of the molecule is COc1cc(OC)c2c(c1Cl)OC1(C(=O)C=C(NCCS(N)(=O)=O)CC1C)C2=O. The minimum absolute atomic E-state index is 0.0452. The van der Waals surface area contributed by atoms with Gasteiger partial charge in [-0.1, -0.05) is 18.5 Å². The van der Waals surface area contributed by atoms with Gasteiger partial charge in [0.25, 0.3) is 0 Å². The van der Waals surface area contributed by atoms with Gasteiger partial charge in [0, 0.05) is 30.3 Å². The molecule has 2 atom stereocenters. The van der Waals surface area contributed by atoms with Crippen molar-refractivity contribution < 1.29 is 32.2 Å². The molecular formula is C18H21ClN2O7S. The normalized spacial score (nSPS) is 23.5. The average molecular weight is 445 g/mol. The van der Waals surface area contributed by atoms with E-state index in [1.807, 2.05) is 0 Å². The number of sulfonamides is 1. The Labute approximate surface area is 173 Å². The first-order valence-electron chi connectivity index (χ1n) is 8.72. The summed E-state index contributed by atoms with van der Waals surface area (Å²) in [6.45, 7) is 1.75. The van der Waals surface area contributed by atoms with Crippen LogP contribution >= 0.6 is 11.6 Å². The van der Waals surface area contributed by atoms with Crippen LogP contribution in [-0.4, -0.2) is 52.1 Å². The lowest BCUT2D eigenvalue weighted by Gasteiger charge is -2.35. The molecule has 29 heavy (non-hydrogen) atoms. The second kappa shape index (κ2) is 7.51. The zero-order valence-corrected chi connectivity index (χ0v) is 17.6. The van der Waals surface area contributed by atoms with Crippen LogP contribution in [0.25, 0.3) is 0 Å². The van der Waals surface area contributed by atoms with Gasteiger partial charge in [0.15, 0.2) is 5.75 Å². The van der Waals surface area contributed by atoms with Crippen LogP contribution in [0.3, 0.4) is 0 Å². The summed E-state index contributed by atoms with van der Waals surface area (Å²) >= 11 is 6.32. The molecule has 0 bridgehead atoms. The summed E-state index contributed by atoms with van der Waals surface area (Å²) in [7, 11) is -0.830. The predicted octanol–water partition coefficient (Wildman–Crippen LogP) is 1.04. The molecule has 2 unspecified atom stereocenters. The van der Waals surface area contributed by atoms with Gasteiger partial charge in [-0.25, -0.2) is 13.6 Å².